The van der Waals surface area contributed by atoms with E-state index in [1.54, 1.807) is 0 Å². The van der Waals surface area contributed by atoms with E-state index in [-0.39, 0.29) is 11.6 Å². The van der Waals surface area contributed by atoms with Gasteiger partial charge in [-0.3, -0.25) is 0 Å². The molecular formula is C6H7ClO4. The second-order valence-corrected chi connectivity index (χ2v) is 2.41. The first-order valence-electron chi connectivity index (χ1n) is 2.92. The molecule has 1 heterocycles. The van der Waals surface area contributed by atoms with Crippen molar-refractivity contribution in [2.24, 2.45) is 0 Å². The SMILES string of the molecule is COC(=O)C1(O)OCC=C1Cl. The summed E-state index contributed by atoms with van der Waals surface area (Å²) in [5.74, 6) is -2.98. The molecule has 0 fully saturated rings. The van der Waals surface area contributed by atoms with Gasteiger partial charge in [-0.1, -0.05) is 11.6 Å². The quantitative estimate of drug-likeness (QED) is 0.575. The second kappa shape index (κ2) is 2.81. The van der Waals surface area contributed by atoms with Gasteiger partial charge in [0.15, 0.2) is 0 Å². The molecule has 0 aromatic heterocycles. The van der Waals surface area contributed by atoms with Gasteiger partial charge in [-0.2, -0.15) is 0 Å². The molecule has 0 aliphatic carbocycles. The van der Waals surface area contributed by atoms with Gasteiger partial charge in [-0.25, -0.2) is 4.79 Å². The van der Waals surface area contributed by atoms with Gasteiger partial charge in [0.1, 0.15) is 0 Å². The smallest absolute Gasteiger partial charge is 0.372 e. The molecule has 0 aromatic carbocycles. The highest BCUT2D eigenvalue weighted by atomic mass is 35.5. The summed E-state index contributed by atoms with van der Waals surface area (Å²) < 4.78 is 8.93. The number of methoxy groups -OCH3 is 1. The lowest BCUT2D eigenvalue weighted by Crippen LogP contribution is -2.40. The normalized spacial score (nSPS) is 29.9. The monoisotopic (exact) mass is 178 g/mol. The minimum Gasteiger partial charge on any atom is -0.465 e. The van der Waals surface area contributed by atoms with Gasteiger partial charge >= 0.3 is 11.8 Å². The van der Waals surface area contributed by atoms with Crippen LogP contribution in [0.15, 0.2) is 11.1 Å². The van der Waals surface area contributed by atoms with Crippen LogP contribution in [0.4, 0.5) is 0 Å². The molecule has 62 valence electrons. The minimum absolute atomic E-state index is 0.0515. The number of carbonyl (C=O) groups excluding carboxylic acids is 1. The fraction of sp³-hybridized carbons (Fsp3) is 0.500. The highest BCUT2D eigenvalue weighted by Gasteiger charge is 2.45. The van der Waals surface area contributed by atoms with E-state index in [9.17, 15) is 9.90 Å². The first kappa shape index (κ1) is 8.52. The average Bonchev–Trinajstić information content (AvgIpc) is 2.32. The van der Waals surface area contributed by atoms with Crippen LogP contribution in [-0.4, -0.2) is 30.6 Å². The molecule has 0 spiro atoms. The van der Waals surface area contributed by atoms with E-state index >= 15 is 0 Å². The van der Waals surface area contributed by atoms with Crippen molar-refractivity contribution < 1.29 is 19.4 Å². The molecule has 4 nitrogen and oxygen atoms in total. The molecule has 1 aliphatic heterocycles. The molecule has 1 N–H and O–H groups in total. The molecule has 1 unspecified atom stereocenters. The highest BCUT2D eigenvalue weighted by Crippen LogP contribution is 2.28. The molecular weight excluding hydrogens is 172 g/mol. The van der Waals surface area contributed by atoms with E-state index in [4.69, 9.17) is 11.6 Å². The summed E-state index contributed by atoms with van der Waals surface area (Å²) in [6.07, 6.45) is 1.40. The third kappa shape index (κ3) is 1.24. The lowest BCUT2D eigenvalue weighted by Gasteiger charge is -2.18. The predicted octanol–water partition coefficient (Wildman–Crippen LogP) is 0.000900. The number of hydrogen-bond donors (Lipinski definition) is 1. The van der Waals surface area contributed by atoms with Crippen LogP contribution in [0.5, 0.6) is 0 Å². The summed E-state index contributed by atoms with van der Waals surface area (Å²) in [5.41, 5.74) is 0. The van der Waals surface area contributed by atoms with E-state index in [0.29, 0.717) is 0 Å². The van der Waals surface area contributed by atoms with E-state index in [1.165, 1.54) is 6.08 Å². The Morgan fingerprint density at radius 1 is 2.00 bits per heavy atom. The van der Waals surface area contributed by atoms with Crippen LogP contribution in [0.3, 0.4) is 0 Å². The predicted molar refractivity (Wildman–Crippen MR) is 36.9 cm³/mol. The van der Waals surface area contributed by atoms with Gasteiger partial charge in [0.25, 0.3) is 0 Å². The molecule has 0 bridgehead atoms. The Labute approximate surface area is 68.4 Å². The average molecular weight is 179 g/mol. The molecule has 0 radical (unpaired) electrons. The first-order chi connectivity index (χ1) is 5.11. The fourth-order valence-electron chi connectivity index (χ4n) is 0.737. The number of rotatable bonds is 1. The summed E-state index contributed by atoms with van der Waals surface area (Å²) >= 11 is 5.48. The van der Waals surface area contributed by atoms with Gasteiger partial charge < -0.3 is 14.6 Å². The highest BCUT2D eigenvalue weighted by molar-refractivity contribution is 6.32. The zero-order chi connectivity index (χ0) is 8.48. The van der Waals surface area contributed by atoms with Gasteiger partial charge in [0.2, 0.25) is 0 Å². The van der Waals surface area contributed by atoms with E-state index < -0.39 is 11.8 Å². The van der Waals surface area contributed by atoms with Crippen LogP contribution in [-0.2, 0) is 14.3 Å². The van der Waals surface area contributed by atoms with Crippen molar-refractivity contribution in [1.82, 2.24) is 0 Å². The lowest BCUT2D eigenvalue weighted by atomic mass is 10.3. The third-order valence-corrected chi connectivity index (χ3v) is 1.75. The van der Waals surface area contributed by atoms with Crippen molar-refractivity contribution in [3.8, 4) is 0 Å². The summed E-state index contributed by atoms with van der Waals surface area (Å²) in [6.45, 7) is 0.116. The summed E-state index contributed by atoms with van der Waals surface area (Å²) in [7, 11) is 1.14. The van der Waals surface area contributed by atoms with Gasteiger partial charge in [0.05, 0.1) is 18.7 Å². The minimum atomic E-state index is -2.07. The number of hydrogen-bond acceptors (Lipinski definition) is 4. The molecule has 1 rings (SSSR count). The molecule has 1 aliphatic rings. The lowest BCUT2D eigenvalue weighted by molar-refractivity contribution is -0.200. The van der Waals surface area contributed by atoms with Crippen molar-refractivity contribution in [3.63, 3.8) is 0 Å². The number of halogens is 1. The maximum Gasteiger partial charge on any atom is 0.372 e. The zero-order valence-electron chi connectivity index (χ0n) is 5.83. The number of esters is 1. The van der Waals surface area contributed by atoms with Crippen molar-refractivity contribution >= 4 is 17.6 Å². The van der Waals surface area contributed by atoms with Crippen LogP contribution in [0.25, 0.3) is 0 Å². The number of aliphatic hydroxyl groups is 1. The fourth-order valence-corrected chi connectivity index (χ4v) is 0.932. The Kier molecular flexibility index (Phi) is 2.17. The number of carbonyl (C=O) groups is 1. The summed E-state index contributed by atoms with van der Waals surface area (Å²) in [4.78, 5) is 10.8. The largest absolute Gasteiger partial charge is 0.465 e. The Balaban J connectivity index is 2.83. The molecule has 5 heteroatoms. The van der Waals surface area contributed by atoms with Crippen molar-refractivity contribution in [3.05, 3.63) is 11.1 Å². The van der Waals surface area contributed by atoms with Crippen LogP contribution < -0.4 is 0 Å². The van der Waals surface area contributed by atoms with Crippen molar-refractivity contribution in [2.45, 2.75) is 5.79 Å². The number of ether oxygens (including phenoxy) is 2. The second-order valence-electron chi connectivity index (χ2n) is 2.00. The maximum absolute atomic E-state index is 10.8. The maximum atomic E-state index is 10.8. The van der Waals surface area contributed by atoms with Gasteiger partial charge in [-0.05, 0) is 6.08 Å². The Morgan fingerprint density at radius 3 is 3.00 bits per heavy atom. The van der Waals surface area contributed by atoms with E-state index in [0.717, 1.165) is 7.11 Å². The topological polar surface area (TPSA) is 55.8 Å². The molecule has 0 aromatic rings. The third-order valence-electron chi connectivity index (χ3n) is 1.34. The van der Waals surface area contributed by atoms with Crippen LogP contribution in [0.1, 0.15) is 0 Å². The van der Waals surface area contributed by atoms with Crippen LogP contribution >= 0.6 is 11.6 Å². The van der Waals surface area contributed by atoms with E-state index in [1.807, 2.05) is 0 Å². The van der Waals surface area contributed by atoms with Gasteiger partial charge in [-0.15, -0.1) is 0 Å². The Morgan fingerprint density at radius 2 is 2.64 bits per heavy atom. The Hall–Kier alpha value is -0.580. The zero-order valence-corrected chi connectivity index (χ0v) is 6.59. The molecule has 0 saturated carbocycles. The standard InChI is InChI=1S/C6H7ClO4/c1-10-5(8)6(9)4(7)2-3-11-6/h2,9H,3H2,1H3. The van der Waals surface area contributed by atoms with Gasteiger partial charge in [0, 0.05) is 0 Å². The molecule has 11 heavy (non-hydrogen) atoms. The molecule has 0 amide bonds. The van der Waals surface area contributed by atoms with Crippen LogP contribution in [0, 0.1) is 0 Å². The Bertz CT molecular complexity index is 213. The first-order valence-corrected chi connectivity index (χ1v) is 3.30. The van der Waals surface area contributed by atoms with Crippen LogP contribution in [0.2, 0.25) is 0 Å². The van der Waals surface area contributed by atoms with E-state index in [2.05, 4.69) is 9.47 Å². The molecule has 0 saturated heterocycles. The molecule has 1 atom stereocenters. The summed E-state index contributed by atoms with van der Waals surface area (Å²) in [5, 5.41) is 9.28. The van der Waals surface area contributed by atoms with Crippen molar-refractivity contribution in [1.29, 1.82) is 0 Å². The van der Waals surface area contributed by atoms with Crippen molar-refractivity contribution in [2.75, 3.05) is 13.7 Å². The summed E-state index contributed by atoms with van der Waals surface area (Å²) in [6, 6.07) is 0.